The lowest BCUT2D eigenvalue weighted by Gasteiger charge is -2.23. The average molecular weight is 443 g/mol. The number of rotatable bonds is 5. The van der Waals surface area contributed by atoms with Crippen LogP contribution in [0.1, 0.15) is 24.1 Å². The van der Waals surface area contributed by atoms with E-state index in [1.807, 2.05) is 0 Å². The number of aromatic nitrogens is 2. The lowest BCUT2D eigenvalue weighted by atomic mass is 10.00. The fourth-order valence-electron chi connectivity index (χ4n) is 3.15. The van der Waals surface area contributed by atoms with E-state index in [4.69, 9.17) is 11.6 Å². The molecule has 1 aliphatic rings. The predicted octanol–water partition coefficient (Wildman–Crippen LogP) is 4.51. The van der Waals surface area contributed by atoms with Gasteiger partial charge in [0, 0.05) is 24.0 Å². The number of amides is 2. The quantitative estimate of drug-likeness (QED) is 0.547. The highest BCUT2D eigenvalue weighted by Gasteiger charge is 2.33. The summed E-state index contributed by atoms with van der Waals surface area (Å²) in [6.45, 7) is 4.46. The molecule has 7 nitrogen and oxygen atoms in total. The van der Waals surface area contributed by atoms with Crippen molar-refractivity contribution in [1.82, 2.24) is 15.3 Å². The normalized spacial score (nSPS) is 16.8. The molecular weight excluding hydrogens is 421 g/mol. The first kappa shape index (κ1) is 22.1. The monoisotopic (exact) mass is 442 g/mol. The fraction of sp³-hybridized carbons (Fsp3) is 0.421. The number of carbonyl (C=O) groups excluding carboxylic acids is 1. The SMILES string of the molecule is Cc1cc(NCC2CCCNC2)nc(NC(=O)Nc2ccc(Cl)c(C(F)(F)F)c2)n1. The summed E-state index contributed by atoms with van der Waals surface area (Å²) in [5.41, 5.74) is -0.451. The molecule has 2 amide bonds. The number of hydrogen-bond donors (Lipinski definition) is 4. The number of halogens is 4. The molecule has 0 spiro atoms. The van der Waals surface area contributed by atoms with E-state index in [2.05, 4.69) is 31.2 Å². The molecular formula is C19H22ClF3N6O. The van der Waals surface area contributed by atoms with E-state index in [1.165, 1.54) is 6.07 Å². The zero-order valence-electron chi connectivity index (χ0n) is 16.2. The summed E-state index contributed by atoms with van der Waals surface area (Å²) in [7, 11) is 0. The second-order valence-corrected chi connectivity index (χ2v) is 7.49. The molecule has 1 fully saturated rings. The molecule has 2 aromatic rings. The van der Waals surface area contributed by atoms with E-state index < -0.39 is 22.8 Å². The summed E-state index contributed by atoms with van der Waals surface area (Å²) in [5.74, 6) is 1.09. The molecule has 1 atom stereocenters. The van der Waals surface area contributed by atoms with E-state index in [0.29, 0.717) is 17.4 Å². The number of piperidine rings is 1. The Balaban J connectivity index is 1.63. The maximum atomic E-state index is 13.0. The number of aryl methyl sites for hydroxylation is 1. The van der Waals surface area contributed by atoms with Gasteiger partial charge in [-0.3, -0.25) is 5.32 Å². The Bertz CT molecular complexity index is 902. The second-order valence-electron chi connectivity index (χ2n) is 7.08. The molecule has 3 rings (SSSR count). The van der Waals surface area contributed by atoms with Crippen LogP contribution in [0, 0.1) is 12.8 Å². The molecule has 2 heterocycles. The van der Waals surface area contributed by atoms with Crippen molar-refractivity contribution in [2.45, 2.75) is 25.9 Å². The Labute approximate surface area is 176 Å². The Morgan fingerprint density at radius 1 is 1.27 bits per heavy atom. The van der Waals surface area contributed by atoms with Crippen molar-refractivity contribution in [3.63, 3.8) is 0 Å². The summed E-state index contributed by atoms with van der Waals surface area (Å²) in [6.07, 6.45) is -2.37. The van der Waals surface area contributed by atoms with Gasteiger partial charge in [-0.05, 0) is 57.0 Å². The number of anilines is 3. The summed E-state index contributed by atoms with van der Waals surface area (Å²) >= 11 is 5.59. The summed E-state index contributed by atoms with van der Waals surface area (Å²) in [5, 5.41) is 10.9. The second kappa shape index (κ2) is 9.48. The maximum Gasteiger partial charge on any atom is 0.417 e. The molecule has 1 saturated heterocycles. The molecule has 1 aromatic carbocycles. The van der Waals surface area contributed by atoms with Crippen LogP contribution in [0.15, 0.2) is 24.3 Å². The zero-order valence-corrected chi connectivity index (χ0v) is 17.0. The third-order valence-electron chi connectivity index (χ3n) is 4.58. The zero-order chi connectivity index (χ0) is 21.7. The number of hydrogen-bond acceptors (Lipinski definition) is 5. The Kier molecular flexibility index (Phi) is 6.99. The summed E-state index contributed by atoms with van der Waals surface area (Å²) < 4.78 is 38.9. The Morgan fingerprint density at radius 3 is 2.77 bits per heavy atom. The van der Waals surface area contributed by atoms with Crippen molar-refractivity contribution in [3.05, 3.63) is 40.5 Å². The smallest absolute Gasteiger partial charge is 0.370 e. The van der Waals surface area contributed by atoms with Crippen molar-refractivity contribution in [2.75, 3.05) is 35.6 Å². The van der Waals surface area contributed by atoms with Gasteiger partial charge in [0.2, 0.25) is 5.95 Å². The molecule has 0 saturated carbocycles. The van der Waals surface area contributed by atoms with Gasteiger partial charge < -0.3 is 16.0 Å². The molecule has 1 aliphatic heterocycles. The molecule has 11 heteroatoms. The Morgan fingerprint density at radius 2 is 2.07 bits per heavy atom. The van der Waals surface area contributed by atoms with Gasteiger partial charge in [0.1, 0.15) is 5.82 Å². The van der Waals surface area contributed by atoms with Crippen LogP contribution < -0.4 is 21.3 Å². The largest absolute Gasteiger partial charge is 0.417 e. The van der Waals surface area contributed by atoms with Crippen LogP contribution in [0.5, 0.6) is 0 Å². The van der Waals surface area contributed by atoms with Gasteiger partial charge >= 0.3 is 12.2 Å². The van der Waals surface area contributed by atoms with Crippen molar-refractivity contribution in [2.24, 2.45) is 5.92 Å². The summed E-state index contributed by atoms with van der Waals surface area (Å²) in [4.78, 5) is 20.6. The van der Waals surface area contributed by atoms with Crippen LogP contribution in [-0.2, 0) is 6.18 Å². The molecule has 0 radical (unpaired) electrons. The number of carbonyl (C=O) groups is 1. The molecule has 1 unspecified atom stereocenters. The average Bonchev–Trinajstić information content (AvgIpc) is 2.67. The third-order valence-corrected chi connectivity index (χ3v) is 4.91. The van der Waals surface area contributed by atoms with E-state index in [-0.39, 0.29) is 11.6 Å². The van der Waals surface area contributed by atoms with Gasteiger partial charge in [-0.25, -0.2) is 9.78 Å². The molecule has 1 aromatic heterocycles. The lowest BCUT2D eigenvalue weighted by Crippen LogP contribution is -2.33. The highest BCUT2D eigenvalue weighted by atomic mass is 35.5. The standard InChI is InChI=1S/C19H22ClF3N6O/c1-11-7-16(25-10-12-3-2-6-24-9-12)28-17(26-11)29-18(30)27-13-4-5-15(20)14(8-13)19(21,22)23/h4-5,7-8,12,24H,2-3,6,9-10H2,1H3,(H3,25,26,27,28,29,30). The van der Waals surface area contributed by atoms with Gasteiger partial charge in [-0.15, -0.1) is 0 Å². The Hall–Kier alpha value is -2.59. The van der Waals surface area contributed by atoms with E-state index in [9.17, 15) is 18.0 Å². The third kappa shape index (κ3) is 6.20. The summed E-state index contributed by atoms with van der Waals surface area (Å²) in [6, 6.07) is 4.11. The highest BCUT2D eigenvalue weighted by molar-refractivity contribution is 6.31. The predicted molar refractivity (Wildman–Crippen MR) is 110 cm³/mol. The van der Waals surface area contributed by atoms with Crippen molar-refractivity contribution in [3.8, 4) is 0 Å². The van der Waals surface area contributed by atoms with E-state index in [0.717, 1.165) is 44.6 Å². The van der Waals surface area contributed by atoms with Crippen LogP contribution >= 0.6 is 11.6 Å². The van der Waals surface area contributed by atoms with Crippen molar-refractivity contribution in [1.29, 1.82) is 0 Å². The maximum absolute atomic E-state index is 13.0. The molecule has 162 valence electrons. The number of alkyl halides is 3. The fourth-order valence-corrected chi connectivity index (χ4v) is 3.37. The molecule has 0 bridgehead atoms. The van der Waals surface area contributed by atoms with Gasteiger partial charge in [-0.2, -0.15) is 18.2 Å². The van der Waals surface area contributed by atoms with Gasteiger partial charge in [0.15, 0.2) is 0 Å². The van der Waals surface area contributed by atoms with Gasteiger partial charge in [-0.1, -0.05) is 11.6 Å². The first-order valence-corrected chi connectivity index (χ1v) is 9.83. The molecule has 0 aliphatic carbocycles. The topological polar surface area (TPSA) is 91.0 Å². The van der Waals surface area contributed by atoms with Crippen LogP contribution in [0.2, 0.25) is 5.02 Å². The minimum atomic E-state index is -4.63. The van der Waals surface area contributed by atoms with Crippen molar-refractivity contribution < 1.29 is 18.0 Å². The van der Waals surface area contributed by atoms with Crippen LogP contribution in [-0.4, -0.2) is 35.6 Å². The van der Waals surface area contributed by atoms with Crippen LogP contribution in [0.4, 0.5) is 35.4 Å². The highest BCUT2D eigenvalue weighted by Crippen LogP contribution is 2.36. The van der Waals surface area contributed by atoms with Crippen molar-refractivity contribution >= 4 is 35.1 Å². The first-order chi connectivity index (χ1) is 14.2. The number of benzene rings is 1. The van der Waals surface area contributed by atoms with E-state index >= 15 is 0 Å². The lowest BCUT2D eigenvalue weighted by molar-refractivity contribution is -0.137. The van der Waals surface area contributed by atoms with Gasteiger partial charge in [0.25, 0.3) is 0 Å². The van der Waals surface area contributed by atoms with Crippen LogP contribution in [0.3, 0.4) is 0 Å². The molecule has 30 heavy (non-hydrogen) atoms. The number of nitrogens with zero attached hydrogens (tertiary/aromatic N) is 2. The van der Waals surface area contributed by atoms with Crippen LogP contribution in [0.25, 0.3) is 0 Å². The van der Waals surface area contributed by atoms with E-state index in [1.54, 1.807) is 13.0 Å². The number of urea groups is 1. The number of nitrogens with one attached hydrogen (secondary N) is 4. The molecule has 4 N–H and O–H groups in total. The minimum Gasteiger partial charge on any atom is -0.370 e. The minimum absolute atomic E-state index is 0.0433. The van der Waals surface area contributed by atoms with Gasteiger partial charge in [0.05, 0.1) is 10.6 Å². The first-order valence-electron chi connectivity index (χ1n) is 9.46.